The number of nitrogens with zero attached hydrogens (tertiary/aromatic N) is 2. The second-order valence-electron chi connectivity index (χ2n) is 9.64. The van der Waals surface area contributed by atoms with Crippen LogP contribution in [0.1, 0.15) is 49.4 Å². The lowest BCUT2D eigenvalue weighted by molar-refractivity contribution is -0.140. The van der Waals surface area contributed by atoms with E-state index in [-0.39, 0.29) is 17.3 Å². The molecule has 1 N–H and O–H groups in total. The van der Waals surface area contributed by atoms with Gasteiger partial charge in [-0.1, -0.05) is 79.6 Å². The van der Waals surface area contributed by atoms with Crippen LogP contribution < -0.4 is 9.62 Å². The third-order valence-corrected chi connectivity index (χ3v) is 8.48. The molecule has 0 heterocycles. The number of amides is 2. The number of hydrogen-bond acceptors (Lipinski definition) is 4. The highest BCUT2D eigenvalue weighted by atomic mass is 32.2. The smallest absolute Gasteiger partial charge is 0.264 e. The molecule has 0 unspecified atom stereocenters. The highest BCUT2D eigenvalue weighted by Crippen LogP contribution is 2.28. The van der Waals surface area contributed by atoms with E-state index < -0.39 is 28.5 Å². The molecule has 3 rings (SSSR count). The Morgan fingerprint density at radius 1 is 0.872 bits per heavy atom. The van der Waals surface area contributed by atoms with Gasteiger partial charge < -0.3 is 10.2 Å². The zero-order chi connectivity index (χ0) is 28.6. The maximum atomic E-state index is 14.1. The van der Waals surface area contributed by atoms with Crippen LogP contribution >= 0.6 is 0 Å². The second kappa shape index (κ2) is 13.4. The van der Waals surface area contributed by atoms with Gasteiger partial charge in [0.15, 0.2) is 0 Å². The molecule has 0 aromatic heterocycles. The van der Waals surface area contributed by atoms with Crippen molar-refractivity contribution in [3.8, 4) is 0 Å². The van der Waals surface area contributed by atoms with Crippen LogP contribution in [-0.2, 0) is 32.6 Å². The molecule has 208 valence electrons. The number of sulfonamides is 1. The standard InChI is InChI=1S/C31H39N3O4S/c1-6-26-14-9-10-15-29(26)34(39(37,38)27-18-16-23(4)17-19-27)22-30(35)33(28(7-2)31(36)32-8-3)21-25-13-11-12-24(5)20-25/h9-20,28H,6-8,21-22H2,1-5H3,(H,32,36)/t28-/m0/s1. The SMILES string of the molecule is CCNC(=O)[C@H](CC)N(Cc1cccc(C)c1)C(=O)CN(c1ccccc1CC)S(=O)(=O)c1ccc(C)cc1. The quantitative estimate of drug-likeness (QED) is 0.344. The first-order chi connectivity index (χ1) is 18.6. The van der Waals surface area contributed by atoms with Gasteiger partial charge in [-0.15, -0.1) is 0 Å². The van der Waals surface area contributed by atoms with Crippen molar-refractivity contribution < 1.29 is 18.0 Å². The highest BCUT2D eigenvalue weighted by Gasteiger charge is 2.34. The average Bonchev–Trinajstić information content (AvgIpc) is 2.91. The minimum Gasteiger partial charge on any atom is -0.355 e. The predicted molar refractivity (Wildman–Crippen MR) is 156 cm³/mol. The lowest BCUT2D eigenvalue weighted by Gasteiger charge is -2.33. The summed E-state index contributed by atoms with van der Waals surface area (Å²) >= 11 is 0. The molecule has 0 radical (unpaired) electrons. The second-order valence-corrected chi connectivity index (χ2v) is 11.5. The lowest BCUT2D eigenvalue weighted by Crippen LogP contribution is -2.52. The summed E-state index contributed by atoms with van der Waals surface area (Å²) in [4.78, 5) is 28.8. The van der Waals surface area contributed by atoms with Crippen molar-refractivity contribution in [2.75, 3.05) is 17.4 Å². The van der Waals surface area contributed by atoms with Gasteiger partial charge >= 0.3 is 0 Å². The van der Waals surface area contributed by atoms with Gasteiger partial charge in [0.1, 0.15) is 12.6 Å². The zero-order valence-corrected chi connectivity index (χ0v) is 24.3. The molecule has 3 aromatic carbocycles. The van der Waals surface area contributed by atoms with E-state index in [9.17, 15) is 18.0 Å². The molecule has 0 spiro atoms. The molecule has 0 saturated carbocycles. The van der Waals surface area contributed by atoms with E-state index in [1.54, 1.807) is 36.4 Å². The van der Waals surface area contributed by atoms with Crippen molar-refractivity contribution in [3.05, 3.63) is 95.1 Å². The Morgan fingerprint density at radius 3 is 2.18 bits per heavy atom. The number of benzene rings is 3. The summed E-state index contributed by atoms with van der Waals surface area (Å²) in [5.41, 5.74) is 4.10. The van der Waals surface area contributed by atoms with E-state index >= 15 is 0 Å². The Hall–Kier alpha value is -3.65. The molecule has 1 atom stereocenters. The molecule has 0 aliphatic carbocycles. The zero-order valence-electron chi connectivity index (χ0n) is 23.5. The summed E-state index contributed by atoms with van der Waals surface area (Å²) in [5, 5.41) is 2.83. The first kappa shape index (κ1) is 29.9. The van der Waals surface area contributed by atoms with Gasteiger partial charge in [-0.25, -0.2) is 8.42 Å². The van der Waals surface area contributed by atoms with Crippen LogP contribution in [0.2, 0.25) is 0 Å². The van der Waals surface area contributed by atoms with Crippen molar-refractivity contribution in [1.29, 1.82) is 0 Å². The maximum Gasteiger partial charge on any atom is 0.264 e. The fourth-order valence-electron chi connectivity index (χ4n) is 4.62. The number of likely N-dealkylation sites (N-methyl/N-ethyl adjacent to an activating group) is 1. The summed E-state index contributed by atoms with van der Waals surface area (Å²) < 4.78 is 29.2. The Labute approximate surface area is 232 Å². The van der Waals surface area contributed by atoms with E-state index in [1.807, 2.05) is 71.0 Å². The first-order valence-electron chi connectivity index (χ1n) is 13.4. The van der Waals surface area contributed by atoms with Crippen LogP contribution in [-0.4, -0.2) is 44.3 Å². The maximum absolute atomic E-state index is 14.1. The van der Waals surface area contributed by atoms with E-state index in [0.717, 1.165) is 22.3 Å². The van der Waals surface area contributed by atoms with E-state index in [2.05, 4.69) is 5.32 Å². The van der Waals surface area contributed by atoms with Crippen molar-refractivity contribution in [2.24, 2.45) is 0 Å². The summed E-state index contributed by atoms with van der Waals surface area (Å²) in [6, 6.07) is 20.8. The molecular formula is C31H39N3O4S. The summed E-state index contributed by atoms with van der Waals surface area (Å²) in [7, 11) is -4.09. The van der Waals surface area contributed by atoms with Crippen LogP contribution in [0.15, 0.2) is 77.7 Å². The molecule has 8 heteroatoms. The van der Waals surface area contributed by atoms with Crippen LogP contribution in [0.3, 0.4) is 0 Å². The molecule has 0 aliphatic heterocycles. The van der Waals surface area contributed by atoms with E-state index in [4.69, 9.17) is 0 Å². The molecule has 0 bridgehead atoms. The minimum absolute atomic E-state index is 0.104. The van der Waals surface area contributed by atoms with Crippen LogP contribution in [0.4, 0.5) is 5.69 Å². The largest absolute Gasteiger partial charge is 0.355 e. The number of aryl methyl sites for hydroxylation is 3. The van der Waals surface area contributed by atoms with Crippen LogP contribution in [0.25, 0.3) is 0 Å². The van der Waals surface area contributed by atoms with Gasteiger partial charge in [0.05, 0.1) is 10.6 Å². The van der Waals surface area contributed by atoms with Gasteiger partial charge in [-0.05, 0) is 62.9 Å². The molecular weight excluding hydrogens is 510 g/mol. The number of para-hydroxylation sites is 1. The van der Waals surface area contributed by atoms with Gasteiger partial charge in [0.2, 0.25) is 11.8 Å². The van der Waals surface area contributed by atoms with Gasteiger partial charge in [-0.3, -0.25) is 13.9 Å². The van der Waals surface area contributed by atoms with Crippen molar-refractivity contribution in [1.82, 2.24) is 10.2 Å². The van der Waals surface area contributed by atoms with Gasteiger partial charge in [0, 0.05) is 13.1 Å². The molecule has 39 heavy (non-hydrogen) atoms. The molecule has 2 amide bonds. The van der Waals surface area contributed by atoms with E-state index in [1.165, 1.54) is 9.21 Å². The molecule has 7 nitrogen and oxygen atoms in total. The number of rotatable bonds is 12. The van der Waals surface area contributed by atoms with Gasteiger partial charge in [-0.2, -0.15) is 0 Å². The van der Waals surface area contributed by atoms with Gasteiger partial charge in [0.25, 0.3) is 10.0 Å². The molecule has 3 aromatic rings. The Balaban J connectivity index is 2.10. The number of anilines is 1. The fourth-order valence-corrected chi connectivity index (χ4v) is 6.07. The fraction of sp³-hybridized carbons (Fsp3) is 0.355. The predicted octanol–water partition coefficient (Wildman–Crippen LogP) is 5.00. The monoisotopic (exact) mass is 549 g/mol. The topological polar surface area (TPSA) is 86.8 Å². The summed E-state index contributed by atoms with van der Waals surface area (Å²) in [5.74, 6) is -0.709. The normalized spacial score (nSPS) is 12.0. The number of nitrogens with one attached hydrogen (secondary N) is 1. The summed E-state index contributed by atoms with van der Waals surface area (Å²) in [6.07, 6.45) is 0.980. The van der Waals surface area contributed by atoms with E-state index in [0.29, 0.717) is 25.1 Å². The molecule has 0 aliphatic rings. The molecule has 0 fully saturated rings. The van der Waals surface area contributed by atoms with Crippen molar-refractivity contribution in [2.45, 2.75) is 64.9 Å². The van der Waals surface area contributed by atoms with Crippen molar-refractivity contribution >= 4 is 27.5 Å². The first-order valence-corrected chi connectivity index (χ1v) is 14.9. The number of carbonyl (C=O) groups is 2. The Kier molecular flexibility index (Phi) is 10.3. The van der Waals surface area contributed by atoms with Crippen LogP contribution in [0.5, 0.6) is 0 Å². The molecule has 0 saturated heterocycles. The average molecular weight is 550 g/mol. The number of carbonyl (C=O) groups excluding carboxylic acids is 2. The Morgan fingerprint density at radius 2 is 1.56 bits per heavy atom. The van der Waals surface area contributed by atoms with Crippen LogP contribution in [0, 0.1) is 13.8 Å². The lowest BCUT2D eigenvalue weighted by atomic mass is 10.1. The third-order valence-electron chi connectivity index (χ3n) is 6.70. The Bertz CT molecular complexity index is 1390. The van der Waals surface area contributed by atoms with Crippen molar-refractivity contribution in [3.63, 3.8) is 0 Å². The highest BCUT2D eigenvalue weighted by molar-refractivity contribution is 7.92. The third kappa shape index (κ3) is 7.26. The number of hydrogen-bond donors (Lipinski definition) is 1. The summed E-state index contributed by atoms with van der Waals surface area (Å²) in [6.45, 7) is 9.66. The minimum atomic E-state index is -4.09.